The molecule has 0 bridgehead atoms. The zero-order valence-corrected chi connectivity index (χ0v) is 11.1. The van der Waals surface area contributed by atoms with E-state index >= 15 is 0 Å². The van der Waals surface area contributed by atoms with Gasteiger partial charge >= 0.3 is 0 Å². The number of likely N-dealkylation sites (tertiary alicyclic amines) is 1. The number of nitrogens with one attached hydrogen (secondary N) is 1. The largest absolute Gasteiger partial charge is 0.395 e. The van der Waals surface area contributed by atoms with E-state index in [0.29, 0.717) is 30.4 Å². The molecular weight excluding hydrogens is 244 g/mol. The van der Waals surface area contributed by atoms with E-state index in [2.05, 4.69) is 10.2 Å². The summed E-state index contributed by atoms with van der Waals surface area (Å²) in [5.41, 5.74) is 6.85. The van der Waals surface area contributed by atoms with Crippen LogP contribution in [-0.4, -0.2) is 44.8 Å². The van der Waals surface area contributed by atoms with Gasteiger partial charge in [-0.25, -0.2) is 0 Å². The Balaban J connectivity index is 1.68. The van der Waals surface area contributed by atoms with Gasteiger partial charge < -0.3 is 15.7 Å². The van der Waals surface area contributed by atoms with Gasteiger partial charge in [0.15, 0.2) is 5.69 Å². The van der Waals surface area contributed by atoms with Gasteiger partial charge in [-0.15, -0.1) is 0 Å². The Hall–Kier alpha value is -1.56. The number of aliphatic hydroxyl groups is 1. The molecule has 0 radical (unpaired) electrons. The summed E-state index contributed by atoms with van der Waals surface area (Å²) in [5.74, 6) is 0.199. The molecular formula is C13H20N4O2. The highest BCUT2D eigenvalue weighted by atomic mass is 16.3. The third-order valence-corrected chi connectivity index (χ3v) is 4.14. The molecule has 0 unspecified atom stereocenters. The first-order valence-electron chi connectivity index (χ1n) is 6.89. The van der Waals surface area contributed by atoms with Crippen LogP contribution in [0.5, 0.6) is 0 Å². The predicted octanol–water partition coefficient (Wildman–Crippen LogP) is 0.541. The summed E-state index contributed by atoms with van der Waals surface area (Å²) in [6.07, 6.45) is 3.89. The molecule has 2 fully saturated rings. The summed E-state index contributed by atoms with van der Waals surface area (Å²) < 4.78 is 0. The summed E-state index contributed by atoms with van der Waals surface area (Å²) in [7, 11) is 0. The first-order valence-corrected chi connectivity index (χ1v) is 6.89. The van der Waals surface area contributed by atoms with Gasteiger partial charge in [0.05, 0.1) is 24.5 Å². The minimum absolute atomic E-state index is 0.179. The number of H-pyrrole nitrogens is 1. The number of β-amino-alcohol motifs (C(OH)–C–C–N with tert-alkyl or cyclic N) is 1. The van der Waals surface area contributed by atoms with Crippen LogP contribution in [0.25, 0.3) is 0 Å². The average Bonchev–Trinajstić information content (AvgIpc) is 3.13. The van der Waals surface area contributed by atoms with Crippen LogP contribution >= 0.6 is 0 Å². The van der Waals surface area contributed by atoms with Gasteiger partial charge in [0, 0.05) is 0 Å². The number of aromatic amines is 1. The van der Waals surface area contributed by atoms with E-state index in [1.54, 1.807) is 4.90 Å². The Bertz CT molecular complexity index is 501. The van der Waals surface area contributed by atoms with E-state index in [1.807, 2.05) is 6.92 Å². The molecule has 104 valence electrons. The van der Waals surface area contributed by atoms with E-state index in [1.165, 1.54) is 0 Å². The van der Waals surface area contributed by atoms with Crippen molar-refractivity contribution < 1.29 is 9.90 Å². The number of nitrogen functional groups attached to an aromatic ring is 1. The quantitative estimate of drug-likeness (QED) is 0.739. The highest BCUT2D eigenvalue weighted by molar-refractivity contribution is 5.98. The van der Waals surface area contributed by atoms with Gasteiger partial charge in [-0.05, 0) is 25.2 Å². The van der Waals surface area contributed by atoms with E-state index < -0.39 is 5.60 Å². The van der Waals surface area contributed by atoms with E-state index in [4.69, 9.17) is 5.73 Å². The molecule has 1 aromatic heterocycles. The van der Waals surface area contributed by atoms with Crippen molar-refractivity contribution in [3.8, 4) is 0 Å². The van der Waals surface area contributed by atoms with Gasteiger partial charge in [-0.1, -0.05) is 13.3 Å². The van der Waals surface area contributed by atoms with Crippen LogP contribution in [0.3, 0.4) is 0 Å². The molecule has 0 spiro atoms. The fourth-order valence-electron chi connectivity index (χ4n) is 2.78. The lowest BCUT2D eigenvalue weighted by atomic mass is 9.88. The van der Waals surface area contributed by atoms with Crippen molar-refractivity contribution in [2.24, 2.45) is 5.92 Å². The number of hydrogen-bond donors (Lipinski definition) is 3. The highest BCUT2D eigenvalue weighted by Crippen LogP contribution is 2.44. The van der Waals surface area contributed by atoms with Crippen LogP contribution in [0.2, 0.25) is 0 Å². The number of carbonyl (C=O) groups excluding carboxylic acids is 1. The predicted molar refractivity (Wildman–Crippen MR) is 70.6 cm³/mol. The number of nitrogens with zero attached hydrogens (tertiary/aromatic N) is 2. The molecule has 4 N–H and O–H groups in total. The molecule has 2 aliphatic rings. The molecule has 1 aliphatic heterocycles. The molecule has 0 atom stereocenters. The number of amides is 1. The molecule has 1 aliphatic carbocycles. The van der Waals surface area contributed by atoms with Gasteiger partial charge in [-0.3, -0.25) is 9.89 Å². The van der Waals surface area contributed by atoms with Gasteiger partial charge in [0.25, 0.3) is 5.91 Å². The van der Waals surface area contributed by atoms with Crippen LogP contribution < -0.4 is 5.73 Å². The van der Waals surface area contributed by atoms with Crippen LogP contribution in [0.1, 0.15) is 42.4 Å². The number of aromatic nitrogens is 2. The fraction of sp³-hybridized carbons (Fsp3) is 0.692. The Labute approximate surface area is 112 Å². The Kier molecular flexibility index (Phi) is 2.78. The van der Waals surface area contributed by atoms with Crippen LogP contribution in [0, 0.1) is 5.92 Å². The Morgan fingerprint density at radius 1 is 1.58 bits per heavy atom. The Morgan fingerprint density at radius 2 is 2.26 bits per heavy atom. The lowest BCUT2D eigenvalue weighted by Crippen LogP contribution is -2.64. The van der Waals surface area contributed by atoms with Crippen molar-refractivity contribution in [1.82, 2.24) is 15.1 Å². The summed E-state index contributed by atoms with van der Waals surface area (Å²) in [6, 6.07) is 0. The smallest absolute Gasteiger partial charge is 0.276 e. The Morgan fingerprint density at radius 3 is 2.84 bits per heavy atom. The molecule has 1 amide bonds. The molecule has 1 saturated heterocycles. The van der Waals surface area contributed by atoms with Crippen molar-refractivity contribution in [2.45, 2.75) is 38.2 Å². The van der Waals surface area contributed by atoms with Gasteiger partial charge in [-0.2, -0.15) is 5.10 Å². The number of aryl methyl sites for hydroxylation is 1. The van der Waals surface area contributed by atoms with E-state index in [-0.39, 0.29) is 5.91 Å². The lowest BCUT2D eigenvalue weighted by molar-refractivity contribution is -0.0959. The minimum Gasteiger partial charge on any atom is -0.395 e. The minimum atomic E-state index is -0.660. The normalized spacial score (nSPS) is 21.3. The number of rotatable bonds is 4. The highest BCUT2D eigenvalue weighted by Gasteiger charge is 2.53. The summed E-state index contributed by atoms with van der Waals surface area (Å²) in [5, 5.41) is 17.1. The molecule has 0 aromatic carbocycles. The van der Waals surface area contributed by atoms with E-state index in [0.717, 1.165) is 31.4 Å². The topological polar surface area (TPSA) is 95.2 Å². The van der Waals surface area contributed by atoms with Gasteiger partial charge in [0.2, 0.25) is 0 Å². The van der Waals surface area contributed by atoms with Gasteiger partial charge in [0.1, 0.15) is 5.60 Å². The second kappa shape index (κ2) is 4.23. The average molecular weight is 264 g/mol. The number of anilines is 1. The molecule has 6 heteroatoms. The van der Waals surface area contributed by atoms with Crippen LogP contribution in [-0.2, 0) is 6.42 Å². The number of carbonyl (C=O) groups is 1. The number of nitrogens with two attached hydrogens (primary N) is 1. The third-order valence-electron chi connectivity index (χ3n) is 4.14. The molecule has 1 saturated carbocycles. The molecule has 2 heterocycles. The molecule has 19 heavy (non-hydrogen) atoms. The maximum absolute atomic E-state index is 12.2. The van der Waals surface area contributed by atoms with Crippen molar-refractivity contribution in [3.05, 3.63) is 11.4 Å². The fourth-order valence-corrected chi connectivity index (χ4v) is 2.78. The second-order valence-corrected chi connectivity index (χ2v) is 5.75. The van der Waals surface area contributed by atoms with Crippen molar-refractivity contribution in [2.75, 3.05) is 18.8 Å². The zero-order chi connectivity index (χ0) is 13.6. The maximum Gasteiger partial charge on any atom is 0.276 e. The monoisotopic (exact) mass is 264 g/mol. The van der Waals surface area contributed by atoms with Crippen molar-refractivity contribution >= 4 is 11.6 Å². The summed E-state index contributed by atoms with van der Waals surface area (Å²) in [6.45, 7) is 2.87. The molecule has 1 aromatic rings. The van der Waals surface area contributed by atoms with Crippen LogP contribution in [0.15, 0.2) is 0 Å². The molecule has 6 nitrogen and oxygen atoms in total. The van der Waals surface area contributed by atoms with E-state index in [9.17, 15) is 9.90 Å². The summed E-state index contributed by atoms with van der Waals surface area (Å²) in [4.78, 5) is 13.9. The maximum atomic E-state index is 12.2. The third kappa shape index (κ3) is 2.00. The first kappa shape index (κ1) is 12.5. The lowest BCUT2D eigenvalue weighted by Gasteiger charge is -2.46. The van der Waals surface area contributed by atoms with Crippen molar-refractivity contribution in [3.63, 3.8) is 0 Å². The van der Waals surface area contributed by atoms with Crippen molar-refractivity contribution in [1.29, 1.82) is 0 Å². The number of hydrogen-bond acceptors (Lipinski definition) is 4. The zero-order valence-electron chi connectivity index (χ0n) is 11.1. The van der Waals surface area contributed by atoms with Crippen LogP contribution in [0.4, 0.5) is 5.69 Å². The SMILES string of the molecule is CCCc1[nH]nc(C(=O)N2CC(O)(C3CC3)C2)c1N. The summed E-state index contributed by atoms with van der Waals surface area (Å²) >= 11 is 0. The first-order chi connectivity index (χ1) is 9.05. The standard InChI is InChI=1S/C13H20N4O2/c1-2-3-9-10(14)11(16-15-9)12(18)17-6-13(19,7-17)8-4-5-8/h8,19H,2-7,14H2,1H3,(H,15,16). The second-order valence-electron chi connectivity index (χ2n) is 5.75. The molecule has 3 rings (SSSR count).